The van der Waals surface area contributed by atoms with Crippen LogP contribution in [0.3, 0.4) is 0 Å². The number of aryl methyl sites for hydroxylation is 2. The topological polar surface area (TPSA) is 49.8 Å². The summed E-state index contributed by atoms with van der Waals surface area (Å²) in [5.74, 6) is 2.00. The van der Waals surface area contributed by atoms with E-state index in [1.165, 1.54) is 5.56 Å². The fourth-order valence-corrected chi connectivity index (χ4v) is 2.46. The van der Waals surface area contributed by atoms with Crippen LogP contribution in [-0.4, -0.2) is 16.5 Å². The smallest absolute Gasteiger partial charge is 0.224 e. The van der Waals surface area contributed by atoms with Gasteiger partial charge in [0, 0.05) is 22.8 Å². The fraction of sp³-hybridized carbons (Fsp3) is 0.375. The molecule has 1 heterocycles. The Labute approximate surface area is 134 Å². The minimum Gasteiger partial charge on any atom is -0.354 e. The van der Waals surface area contributed by atoms with E-state index < -0.39 is 0 Å². The van der Waals surface area contributed by atoms with Crippen molar-refractivity contribution < 1.29 is 0 Å². The van der Waals surface area contributed by atoms with Crippen LogP contribution in [0.1, 0.15) is 25.1 Å². The molecule has 1 aromatic heterocycles. The zero-order valence-electron chi connectivity index (χ0n) is 12.9. The molecular weight excluding hydrogens is 328 g/mol. The van der Waals surface area contributed by atoms with Gasteiger partial charge in [0.2, 0.25) is 5.95 Å². The van der Waals surface area contributed by atoms with Gasteiger partial charge in [0.25, 0.3) is 0 Å². The molecule has 4 nitrogen and oxygen atoms in total. The average Bonchev–Trinajstić information content (AvgIpc) is 2.39. The number of aromatic nitrogens is 2. The van der Waals surface area contributed by atoms with Crippen molar-refractivity contribution >= 4 is 33.4 Å². The molecule has 0 atom stereocenters. The molecule has 2 aromatic rings. The zero-order chi connectivity index (χ0) is 15.4. The van der Waals surface area contributed by atoms with Gasteiger partial charge in [0.15, 0.2) is 0 Å². The molecule has 1 aromatic carbocycles. The van der Waals surface area contributed by atoms with Crippen LogP contribution in [0.4, 0.5) is 17.5 Å². The molecule has 0 saturated carbocycles. The molecule has 0 bridgehead atoms. The van der Waals surface area contributed by atoms with Gasteiger partial charge in [-0.1, -0.05) is 19.9 Å². The van der Waals surface area contributed by atoms with E-state index in [1.807, 2.05) is 19.1 Å². The maximum absolute atomic E-state index is 4.51. The molecule has 0 saturated heterocycles. The average molecular weight is 349 g/mol. The molecule has 0 aliphatic carbocycles. The summed E-state index contributed by atoms with van der Waals surface area (Å²) in [6, 6.07) is 8.12. The van der Waals surface area contributed by atoms with Crippen LogP contribution in [0.2, 0.25) is 0 Å². The van der Waals surface area contributed by atoms with E-state index in [-0.39, 0.29) is 0 Å². The van der Waals surface area contributed by atoms with Crippen LogP contribution in [0.15, 0.2) is 28.7 Å². The number of rotatable bonds is 5. The van der Waals surface area contributed by atoms with E-state index in [2.05, 4.69) is 69.4 Å². The predicted octanol–water partition coefficient (Wildman–Crippen LogP) is 4.67. The highest BCUT2D eigenvalue weighted by atomic mass is 79.9. The summed E-state index contributed by atoms with van der Waals surface area (Å²) in [5.41, 5.74) is 3.14. The summed E-state index contributed by atoms with van der Waals surface area (Å²) in [5, 5.41) is 6.59. The number of hydrogen-bond acceptors (Lipinski definition) is 4. The molecule has 21 heavy (non-hydrogen) atoms. The molecule has 0 amide bonds. The largest absolute Gasteiger partial charge is 0.354 e. The monoisotopic (exact) mass is 348 g/mol. The van der Waals surface area contributed by atoms with Crippen LogP contribution < -0.4 is 10.6 Å². The van der Waals surface area contributed by atoms with E-state index in [1.54, 1.807) is 0 Å². The Morgan fingerprint density at radius 1 is 1.14 bits per heavy atom. The van der Waals surface area contributed by atoms with Crippen LogP contribution >= 0.6 is 15.9 Å². The molecule has 0 aliphatic rings. The summed E-state index contributed by atoms with van der Waals surface area (Å²) in [7, 11) is 0. The second kappa shape index (κ2) is 6.89. The highest BCUT2D eigenvalue weighted by molar-refractivity contribution is 9.10. The number of nitrogens with one attached hydrogen (secondary N) is 2. The Hall–Kier alpha value is -1.62. The van der Waals surface area contributed by atoms with Gasteiger partial charge in [-0.15, -0.1) is 0 Å². The van der Waals surface area contributed by atoms with Crippen molar-refractivity contribution in [3.05, 3.63) is 40.0 Å². The summed E-state index contributed by atoms with van der Waals surface area (Å²) < 4.78 is 1.02. The molecule has 2 N–H and O–H groups in total. The van der Waals surface area contributed by atoms with Crippen molar-refractivity contribution in [2.75, 3.05) is 17.2 Å². The third-order valence-electron chi connectivity index (χ3n) is 2.91. The third kappa shape index (κ3) is 4.70. The van der Waals surface area contributed by atoms with Gasteiger partial charge in [0.1, 0.15) is 5.82 Å². The highest BCUT2D eigenvalue weighted by Gasteiger charge is 2.05. The summed E-state index contributed by atoms with van der Waals surface area (Å²) in [6.07, 6.45) is 0. The summed E-state index contributed by atoms with van der Waals surface area (Å²) in [4.78, 5) is 8.92. The molecule has 0 spiro atoms. The standard InChI is InChI=1S/C16H21BrN4/c1-10(2)9-18-16-19-12(4)8-15(21-16)20-14-6-5-11(3)7-13(14)17/h5-8,10H,9H2,1-4H3,(H2,18,19,20,21). The lowest BCUT2D eigenvalue weighted by Gasteiger charge is -2.12. The Morgan fingerprint density at radius 3 is 2.57 bits per heavy atom. The van der Waals surface area contributed by atoms with Gasteiger partial charge in [-0.2, -0.15) is 4.98 Å². The molecule has 0 radical (unpaired) electrons. The molecule has 0 fully saturated rings. The molecule has 0 aliphatic heterocycles. The first-order valence-corrected chi connectivity index (χ1v) is 7.86. The maximum atomic E-state index is 4.51. The first-order valence-electron chi connectivity index (χ1n) is 7.07. The van der Waals surface area contributed by atoms with Crippen molar-refractivity contribution in [2.24, 2.45) is 5.92 Å². The lowest BCUT2D eigenvalue weighted by molar-refractivity contribution is 0.684. The van der Waals surface area contributed by atoms with Crippen LogP contribution in [0.25, 0.3) is 0 Å². The van der Waals surface area contributed by atoms with Crippen molar-refractivity contribution in [1.82, 2.24) is 9.97 Å². The normalized spacial score (nSPS) is 10.8. The maximum Gasteiger partial charge on any atom is 0.224 e. The van der Waals surface area contributed by atoms with E-state index in [9.17, 15) is 0 Å². The quantitative estimate of drug-likeness (QED) is 0.824. The minimum atomic E-state index is 0.553. The van der Waals surface area contributed by atoms with E-state index in [4.69, 9.17) is 0 Å². The first-order chi connectivity index (χ1) is 9.94. The lowest BCUT2D eigenvalue weighted by atomic mass is 10.2. The van der Waals surface area contributed by atoms with Gasteiger partial charge in [-0.25, -0.2) is 4.98 Å². The van der Waals surface area contributed by atoms with Crippen LogP contribution in [-0.2, 0) is 0 Å². The Morgan fingerprint density at radius 2 is 1.90 bits per heavy atom. The fourth-order valence-electron chi connectivity index (χ4n) is 1.87. The Kier molecular flexibility index (Phi) is 5.17. The van der Waals surface area contributed by atoms with Crippen LogP contribution in [0.5, 0.6) is 0 Å². The van der Waals surface area contributed by atoms with Gasteiger partial charge < -0.3 is 10.6 Å². The van der Waals surface area contributed by atoms with E-state index >= 15 is 0 Å². The molecule has 112 valence electrons. The second-order valence-corrected chi connectivity index (χ2v) is 6.46. The summed E-state index contributed by atoms with van der Waals surface area (Å²) in [6.45, 7) is 9.21. The molecule has 2 rings (SSSR count). The Balaban J connectivity index is 2.19. The second-order valence-electron chi connectivity index (χ2n) is 5.60. The van der Waals surface area contributed by atoms with Gasteiger partial charge >= 0.3 is 0 Å². The molecule has 5 heteroatoms. The number of halogens is 1. The number of nitrogens with zero attached hydrogens (tertiary/aromatic N) is 2. The van der Waals surface area contributed by atoms with Crippen molar-refractivity contribution in [3.8, 4) is 0 Å². The van der Waals surface area contributed by atoms with Crippen molar-refractivity contribution in [2.45, 2.75) is 27.7 Å². The van der Waals surface area contributed by atoms with Crippen molar-refractivity contribution in [1.29, 1.82) is 0 Å². The minimum absolute atomic E-state index is 0.553. The van der Waals surface area contributed by atoms with Gasteiger partial charge in [-0.3, -0.25) is 0 Å². The lowest BCUT2D eigenvalue weighted by Crippen LogP contribution is -2.11. The number of hydrogen-bond donors (Lipinski definition) is 2. The number of benzene rings is 1. The van der Waals surface area contributed by atoms with Gasteiger partial charge in [-0.05, 0) is 53.4 Å². The Bertz CT molecular complexity index is 626. The number of anilines is 3. The SMILES string of the molecule is Cc1ccc(Nc2cc(C)nc(NCC(C)C)n2)c(Br)c1. The van der Waals surface area contributed by atoms with Crippen molar-refractivity contribution in [3.63, 3.8) is 0 Å². The third-order valence-corrected chi connectivity index (χ3v) is 3.57. The summed E-state index contributed by atoms with van der Waals surface area (Å²) >= 11 is 3.57. The van der Waals surface area contributed by atoms with Gasteiger partial charge in [0.05, 0.1) is 5.69 Å². The molecular formula is C16H21BrN4. The van der Waals surface area contributed by atoms with E-state index in [0.29, 0.717) is 11.9 Å². The predicted molar refractivity (Wildman–Crippen MR) is 92.3 cm³/mol. The molecule has 0 unspecified atom stereocenters. The zero-order valence-corrected chi connectivity index (χ0v) is 14.5. The van der Waals surface area contributed by atoms with E-state index in [0.717, 1.165) is 28.2 Å². The first kappa shape index (κ1) is 15.8. The van der Waals surface area contributed by atoms with Crippen LogP contribution in [0, 0.1) is 19.8 Å². The highest BCUT2D eigenvalue weighted by Crippen LogP contribution is 2.26.